The van der Waals surface area contributed by atoms with Crippen molar-refractivity contribution in [2.75, 3.05) is 12.8 Å². The topological polar surface area (TPSA) is 66.4 Å². The average molecular weight is 255 g/mol. The van der Waals surface area contributed by atoms with E-state index < -0.39 is 9.84 Å². The van der Waals surface area contributed by atoms with Crippen LogP contribution >= 0.6 is 0 Å². The van der Waals surface area contributed by atoms with Crippen LogP contribution in [0.5, 0.6) is 5.75 Å². The summed E-state index contributed by atoms with van der Waals surface area (Å²) >= 11 is 0. The number of sulfone groups is 1. The van der Waals surface area contributed by atoms with Gasteiger partial charge in [-0.3, -0.25) is 0 Å². The lowest BCUT2D eigenvalue weighted by atomic mass is 10.0. The van der Waals surface area contributed by atoms with Gasteiger partial charge in [-0.2, -0.15) is 0 Å². The predicted octanol–water partition coefficient (Wildman–Crippen LogP) is 1.09. The Bertz CT molecular complexity index is 504. The summed E-state index contributed by atoms with van der Waals surface area (Å²) in [6.07, 6.45) is 3.87. The van der Waals surface area contributed by atoms with Crippen LogP contribution < -0.4 is 5.32 Å². The summed E-state index contributed by atoms with van der Waals surface area (Å²) in [6, 6.07) is 4.93. The first-order chi connectivity index (χ1) is 7.98. The first kappa shape index (κ1) is 12.4. The minimum atomic E-state index is -3.29. The lowest BCUT2D eigenvalue weighted by Gasteiger charge is -2.14. The molecule has 0 radical (unpaired) electrons. The van der Waals surface area contributed by atoms with Gasteiger partial charge in [0, 0.05) is 17.9 Å². The lowest BCUT2D eigenvalue weighted by molar-refractivity contribution is 0.458. The summed E-state index contributed by atoms with van der Waals surface area (Å²) in [4.78, 5) is 0.242. The Kier molecular flexibility index (Phi) is 3.40. The van der Waals surface area contributed by atoms with E-state index in [9.17, 15) is 13.5 Å². The molecule has 0 aliphatic carbocycles. The molecule has 4 nitrogen and oxygen atoms in total. The van der Waals surface area contributed by atoms with Crippen molar-refractivity contribution in [2.45, 2.75) is 30.2 Å². The number of benzene rings is 1. The monoisotopic (exact) mass is 255 g/mol. The van der Waals surface area contributed by atoms with Crippen molar-refractivity contribution in [2.24, 2.45) is 0 Å². The van der Waals surface area contributed by atoms with E-state index in [1.807, 2.05) is 0 Å². The average Bonchev–Trinajstić information content (AvgIpc) is 2.72. The molecule has 5 heteroatoms. The minimum absolute atomic E-state index is 0.0709. The van der Waals surface area contributed by atoms with Gasteiger partial charge in [0.05, 0.1) is 4.90 Å². The number of aromatic hydroxyl groups is 1. The van der Waals surface area contributed by atoms with Crippen molar-refractivity contribution < 1.29 is 13.5 Å². The summed E-state index contributed by atoms with van der Waals surface area (Å²) < 4.78 is 23.3. The molecule has 1 unspecified atom stereocenters. The maximum atomic E-state index is 11.6. The standard InChI is InChI=1S/C12H17NO3S/c1-17(15,16)12-6-2-5-11(14)10(12)8-9-4-3-7-13-9/h2,5-6,9,13-14H,3-4,7-8H2,1H3. The fourth-order valence-corrected chi connectivity index (χ4v) is 3.25. The molecule has 0 bridgehead atoms. The largest absolute Gasteiger partial charge is 0.508 e. The third-order valence-electron chi connectivity index (χ3n) is 3.12. The van der Waals surface area contributed by atoms with E-state index in [-0.39, 0.29) is 16.7 Å². The third-order valence-corrected chi connectivity index (χ3v) is 4.30. The summed E-state index contributed by atoms with van der Waals surface area (Å²) in [6.45, 7) is 0.965. The van der Waals surface area contributed by atoms with Crippen LogP contribution in [-0.4, -0.2) is 32.4 Å². The van der Waals surface area contributed by atoms with Crippen molar-refractivity contribution >= 4 is 9.84 Å². The van der Waals surface area contributed by atoms with Crippen LogP contribution in [0, 0.1) is 0 Å². The van der Waals surface area contributed by atoms with Crippen molar-refractivity contribution in [1.82, 2.24) is 5.32 Å². The molecule has 0 spiro atoms. The van der Waals surface area contributed by atoms with Crippen molar-refractivity contribution in [3.05, 3.63) is 23.8 Å². The highest BCUT2D eigenvalue weighted by Gasteiger charge is 2.21. The molecule has 1 aromatic carbocycles. The summed E-state index contributed by atoms with van der Waals surface area (Å²) in [5.41, 5.74) is 0.536. The quantitative estimate of drug-likeness (QED) is 0.848. The van der Waals surface area contributed by atoms with E-state index in [1.54, 1.807) is 18.2 Å². The number of rotatable bonds is 3. The highest BCUT2D eigenvalue weighted by molar-refractivity contribution is 7.90. The van der Waals surface area contributed by atoms with Gasteiger partial charge in [-0.25, -0.2) is 8.42 Å². The molecule has 1 atom stereocenters. The van der Waals surface area contributed by atoms with Crippen LogP contribution in [0.25, 0.3) is 0 Å². The van der Waals surface area contributed by atoms with Crippen LogP contribution in [0.2, 0.25) is 0 Å². The highest BCUT2D eigenvalue weighted by Crippen LogP contribution is 2.27. The zero-order chi connectivity index (χ0) is 12.5. The van der Waals surface area contributed by atoms with Gasteiger partial charge in [-0.15, -0.1) is 0 Å². The van der Waals surface area contributed by atoms with Crippen molar-refractivity contribution in [3.8, 4) is 5.75 Å². The Balaban J connectivity index is 2.37. The molecule has 1 aliphatic heterocycles. The summed E-state index contributed by atoms with van der Waals surface area (Å²) in [5.74, 6) is 0.0709. The molecular formula is C12H17NO3S. The maximum absolute atomic E-state index is 11.6. The van der Waals surface area contributed by atoms with E-state index in [2.05, 4.69) is 5.32 Å². The molecule has 2 N–H and O–H groups in total. The van der Waals surface area contributed by atoms with Gasteiger partial charge in [-0.05, 0) is 37.9 Å². The van der Waals surface area contributed by atoms with E-state index in [4.69, 9.17) is 0 Å². The van der Waals surface area contributed by atoms with E-state index in [0.29, 0.717) is 12.0 Å². The van der Waals surface area contributed by atoms with Crippen molar-refractivity contribution in [1.29, 1.82) is 0 Å². The number of phenolic OH excluding ortho intramolecular Hbond substituents is 1. The second-order valence-corrected chi connectivity index (χ2v) is 6.51. The SMILES string of the molecule is CS(=O)(=O)c1cccc(O)c1CC1CCCN1. The molecule has 1 fully saturated rings. The van der Waals surface area contributed by atoms with Gasteiger partial charge in [-0.1, -0.05) is 6.07 Å². The first-order valence-corrected chi connectivity index (χ1v) is 7.62. The van der Waals surface area contributed by atoms with Gasteiger partial charge in [0.1, 0.15) is 5.75 Å². The summed E-state index contributed by atoms with van der Waals surface area (Å²) in [7, 11) is -3.29. The molecule has 1 heterocycles. The molecular weight excluding hydrogens is 238 g/mol. The Morgan fingerprint density at radius 1 is 1.47 bits per heavy atom. The van der Waals surface area contributed by atoms with Gasteiger partial charge >= 0.3 is 0 Å². The normalized spacial score (nSPS) is 20.6. The Labute approximate surface area is 102 Å². The Morgan fingerprint density at radius 2 is 2.24 bits per heavy atom. The third kappa shape index (κ3) is 2.79. The van der Waals surface area contributed by atoms with Crippen LogP contribution in [-0.2, 0) is 16.3 Å². The van der Waals surface area contributed by atoms with E-state index >= 15 is 0 Å². The second kappa shape index (κ2) is 4.66. The molecule has 0 amide bonds. The number of nitrogens with one attached hydrogen (secondary N) is 1. The zero-order valence-electron chi connectivity index (χ0n) is 9.81. The van der Waals surface area contributed by atoms with Crippen LogP contribution in [0.1, 0.15) is 18.4 Å². The van der Waals surface area contributed by atoms with Crippen LogP contribution in [0.4, 0.5) is 0 Å². The number of phenols is 1. The Hall–Kier alpha value is -1.07. The molecule has 1 aromatic rings. The van der Waals surface area contributed by atoms with Gasteiger partial charge < -0.3 is 10.4 Å². The van der Waals surface area contributed by atoms with E-state index in [1.165, 1.54) is 6.26 Å². The van der Waals surface area contributed by atoms with Crippen molar-refractivity contribution in [3.63, 3.8) is 0 Å². The maximum Gasteiger partial charge on any atom is 0.175 e. The fraction of sp³-hybridized carbons (Fsp3) is 0.500. The minimum Gasteiger partial charge on any atom is -0.508 e. The highest BCUT2D eigenvalue weighted by atomic mass is 32.2. The first-order valence-electron chi connectivity index (χ1n) is 5.73. The lowest BCUT2D eigenvalue weighted by Crippen LogP contribution is -2.24. The molecule has 17 heavy (non-hydrogen) atoms. The molecule has 1 aliphatic rings. The van der Waals surface area contributed by atoms with Gasteiger partial charge in [0.15, 0.2) is 9.84 Å². The molecule has 94 valence electrons. The predicted molar refractivity (Wildman–Crippen MR) is 65.9 cm³/mol. The fourth-order valence-electron chi connectivity index (χ4n) is 2.28. The Morgan fingerprint density at radius 3 is 2.82 bits per heavy atom. The number of hydrogen-bond donors (Lipinski definition) is 2. The van der Waals surface area contributed by atoms with Gasteiger partial charge in [0.25, 0.3) is 0 Å². The van der Waals surface area contributed by atoms with Gasteiger partial charge in [0.2, 0.25) is 0 Å². The summed E-state index contributed by atoms with van der Waals surface area (Å²) in [5, 5.41) is 13.1. The van der Waals surface area contributed by atoms with Crippen LogP contribution in [0.15, 0.2) is 23.1 Å². The molecule has 0 saturated carbocycles. The smallest absolute Gasteiger partial charge is 0.175 e. The molecule has 0 aromatic heterocycles. The van der Waals surface area contributed by atoms with E-state index in [0.717, 1.165) is 19.4 Å². The molecule has 2 rings (SSSR count). The number of hydrogen-bond acceptors (Lipinski definition) is 4. The molecule has 1 saturated heterocycles. The zero-order valence-corrected chi connectivity index (χ0v) is 10.6. The van der Waals surface area contributed by atoms with Crippen LogP contribution in [0.3, 0.4) is 0 Å². The second-order valence-electron chi connectivity index (χ2n) is 4.52.